The number of rotatable bonds is 5. The minimum atomic E-state index is 0.0446. The van der Waals surface area contributed by atoms with Crippen molar-refractivity contribution in [1.29, 1.82) is 0 Å². The molecule has 0 bridgehead atoms. The van der Waals surface area contributed by atoms with E-state index in [0.717, 1.165) is 12.2 Å². The lowest BCUT2D eigenvalue weighted by atomic mass is 9.92. The molecule has 4 nitrogen and oxygen atoms in total. The summed E-state index contributed by atoms with van der Waals surface area (Å²) in [4.78, 5) is 11.8. The second-order valence-electron chi connectivity index (χ2n) is 6.76. The van der Waals surface area contributed by atoms with Crippen molar-refractivity contribution in [3.8, 4) is 0 Å². The van der Waals surface area contributed by atoms with Gasteiger partial charge in [0.2, 0.25) is 5.91 Å². The van der Waals surface area contributed by atoms with Crippen molar-refractivity contribution in [3.05, 3.63) is 17.5 Å². The first-order chi connectivity index (χ1) is 8.67. The highest BCUT2D eigenvalue weighted by Gasteiger charge is 2.16. The Morgan fingerprint density at radius 3 is 2.53 bits per heavy atom. The average Bonchev–Trinajstić information content (AvgIpc) is 2.52. The monoisotopic (exact) mass is 265 g/mol. The maximum Gasteiger partial charge on any atom is 0.220 e. The third-order valence-electron chi connectivity index (χ3n) is 2.93. The molecule has 0 saturated carbocycles. The number of hydrogen-bond acceptors (Lipinski definition) is 2. The van der Waals surface area contributed by atoms with Crippen molar-refractivity contribution in [2.45, 2.75) is 54.5 Å². The number of nitrogens with one attached hydrogen (secondary N) is 1. The van der Waals surface area contributed by atoms with Crippen LogP contribution in [0.2, 0.25) is 0 Å². The number of carbonyl (C=O) groups excluding carboxylic acids is 1. The van der Waals surface area contributed by atoms with Gasteiger partial charge in [-0.05, 0) is 31.2 Å². The summed E-state index contributed by atoms with van der Waals surface area (Å²) < 4.78 is 2.01. The Bertz CT molecular complexity index is 429. The molecule has 0 fully saturated rings. The molecule has 1 atom stereocenters. The first-order valence-corrected chi connectivity index (χ1v) is 6.95. The lowest BCUT2D eigenvalue weighted by molar-refractivity contribution is -0.123. The van der Waals surface area contributed by atoms with Gasteiger partial charge in [-0.15, -0.1) is 0 Å². The first kappa shape index (κ1) is 15.7. The summed E-state index contributed by atoms with van der Waals surface area (Å²) in [5.74, 6) is 0.509. The molecular weight excluding hydrogens is 238 g/mol. The molecule has 108 valence electrons. The smallest absolute Gasteiger partial charge is 0.220 e. The second kappa shape index (κ2) is 6.22. The van der Waals surface area contributed by atoms with Crippen LogP contribution in [0.25, 0.3) is 0 Å². The van der Waals surface area contributed by atoms with Crippen LogP contribution in [0.5, 0.6) is 0 Å². The molecule has 0 aliphatic rings. The zero-order valence-corrected chi connectivity index (χ0v) is 13.1. The average molecular weight is 265 g/mol. The van der Waals surface area contributed by atoms with E-state index in [9.17, 15) is 4.79 Å². The van der Waals surface area contributed by atoms with E-state index in [0.29, 0.717) is 18.9 Å². The van der Waals surface area contributed by atoms with Crippen LogP contribution in [-0.4, -0.2) is 22.2 Å². The fourth-order valence-electron chi connectivity index (χ4n) is 2.05. The van der Waals surface area contributed by atoms with Crippen LogP contribution < -0.4 is 5.32 Å². The highest BCUT2D eigenvalue weighted by atomic mass is 16.1. The topological polar surface area (TPSA) is 46.9 Å². The van der Waals surface area contributed by atoms with E-state index in [1.807, 2.05) is 11.6 Å². The normalized spacial score (nSPS) is 13.4. The van der Waals surface area contributed by atoms with Gasteiger partial charge in [-0.2, -0.15) is 5.10 Å². The maximum absolute atomic E-state index is 11.8. The quantitative estimate of drug-likeness (QED) is 0.889. The molecular formula is C15H27N3O. The summed E-state index contributed by atoms with van der Waals surface area (Å²) >= 11 is 0. The molecule has 19 heavy (non-hydrogen) atoms. The minimum absolute atomic E-state index is 0.0446. The molecule has 1 heterocycles. The predicted molar refractivity (Wildman–Crippen MR) is 77.9 cm³/mol. The van der Waals surface area contributed by atoms with Gasteiger partial charge < -0.3 is 5.32 Å². The lowest BCUT2D eigenvalue weighted by Crippen LogP contribution is -2.32. The fraction of sp³-hybridized carbons (Fsp3) is 0.733. The zero-order chi connectivity index (χ0) is 14.6. The Balaban J connectivity index is 2.38. The summed E-state index contributed by atoms with van der Waals surface area (Å²) in [6.45, 7) is 14.0. The molecule has 0 aliphatic carbocycles. The summed E-state index contributed by atoms with van der Waals surface area (Å²) in [7, 11) is 0. The molecule has 4 heteroatoms. The number of nitrogens with zero attached hydrogens (tertiary/aromatic N) is 2. The Kier molecular flexibility index (Phi) is 5.15. The number of carbonyl (C=O) groups is 1. The Morgan fingerprint density at radius 2 is 2.05 bits per heavy atom. The molecule has 1 aromatic rings. The van der Waals surface area contributed by atoms with Gasteiger partial charge in [0.25, 0.3) is 0 Å². The van der Waals surface area contributed by atoms with Gasteiger partial charge >= 0.3 is 0 Å². The van der Waals surface area contributed by atoms with Crippen molar-refractivity contribution in [3.63, 3.8) is 0 Å². The van der Waals surface area contributed by atoms with E-state index >= 15 is 0 Å². The highest BCUT2D eigenvalue weighted by Crippen LogP contribution is 2.17. The number of aryl methyl sites for hydroxylation is 2. The SMILES string of the molecule is Cc1cc(C)n(CC(C)CNC(=O)CC(C)(C)C)n1. The third kappa shape index (κ3) is 5.90. The molecule has 1 N–H and O–H groups in total. The number of hydrogen-bond donors (Lipinski definition) is 1. The summed E-state index contributed by atoms with van der Waals surface area (Å²) in [6.07, 6.45) is 0.569. The van der Waals surface area contributed by atoms with Crippen LogP contribution in [0, 0.1) is 25.2 Å². The van der Waals surface area contributed by atoms with Crippen LogP contribution in [-0.2, 0) is 11.3 Å². The zero-order valence-electron chi connectivity index (χ0n) is 13.1. The van der Waals surface area contributed by atoms with Crippen LogP contribution in [0.15, 0.2) is 6.07 Å². The second-order valence-corrected chi connectivity index (χ2v) is 6.76. The van der Waals surface area contributed by atoms with Crippen LogP contribution in [0.3, 0.4) is 0 Å². The van der Waals surface area contributed by atoms with Crippen molar-refractivity contribution in [2.75, 3.05) is 6.54 Å². The van der Waals surface area contributed by atoms with E-state index in [1.165, 1.54) is 5.69 Å². The highest BCUT2D eigenvalue weighted by molar-refractivity contribution is 5.76. The van der Waals surface area contributed by atoms with E-state index in [2.05, 4.69) is 51.1 Å². The van der Waals surface area contributed by atoms with Gasteiger partial charge in [-0.25, -0.2) is 0 Å². The van der Waals surface area contributed by atoms with Gasteiger partial charge in [0.15, 0.2) is 0 Å². The molecule has 0 aromatic carbocycles. The predicted octanol–water partition coefficient (Wildman–Crippen LogP) is 2.69. The Labute approximate surface area is 116 Å². The van der Waals surface area contributed by atoms with E-state index in [-0.39, 0.29) is 11.3 Å². The van der Waals surface area contributed by atoms with Crippen LogP contribution >= 0.6 is 0 Å². The van der Waals surface area contributed by atoms with Crippen molar-refractivity contribution in [2.24, 2.45) is 11.3 Å². The molecule has 0 saturated heterocycles. The van der Waals surface area contributed by atoms with Gasteiger partial charge in [-0.3, -0.25) is 9.48 Å². The van der Waals surface area contributed by atoms with Gasteiger partial charge in [0, 0.05) is 25.2 Å². The largest absolute Gasteiger partial charge is 0.356 e. The number of aromatic nitrogens is 2. The summed E-state index contributed by atoms with van der Waals surface area (Å²) in [6, 6.07) is 2.07. The molecule has 1 unspecified atom stereocenters. The van der Waals surface area contributed by atoms with E-state index < -0.39 is 0 Å². The van der Waals surface area contributed by atoms with Gasteiger partial charge in [-0.1, -0.05) is 27.7 Å². The van der Waals surface area contributed by atoms with E-state index in [4.69, 9.17) is 0 Å². The molecule has 0 radical (unpaired) electrons. The van der Waals surface area contributed by atoms with Crippen LogP contribution in [0.1, 0.15) is 45.5 Å². The molecule has 1 rings (SSSR count). The molecule has 0 aliphatic heterocycles. The first-order valence-electron chi connectivity index (χ1n) is 6.95. The van der Waals surface area contributed by atoms with E-state index in [1.54, 1.807) is 0 Å². The lowest BCUT2D eigenvalue weighted by Gasteiger charge is -2.19. The van der Waals surface area contributed by atoms with Crippen molar-refractivity contribution >= 4 is 5.91 Å². The van der Waals surface area contributed by atoms with Crippen molar-refractivity contribution in [1.82, 2.24) is 15.1 Å². The van der Waals surface area contributed by atoms with Crippen LogP contribution in [0.4, 0.5) is 0 Å². The number of amides is 1. The summed E-state index contributed by atoms with van der Waals surface area (Å²) in [5.41, 5.74) is 2.26. The maximum atomic E-state index is 11.8. The fourth-order valence-corrected chi connectivity index (χ4v) is 2.05. The minimum Gasteiger partial charge on any atom is -0.356 e. The molecule has 1 aromatic heterocycles. The van der Waals surface area contributed by atoms with Gasteiger partial charge in [0.05, 0.1) is 5.69 Å². The van der Waals surface area contributed by atoms with Gasteiger partial charge in [0.1, 0.15) is 0 Å². The van der Waals surface area contributed by atoms with Crippen molar-refractivity contribution < 1.29 is 4.79 Å². The molecule has 1 amide bonds. The standard InChI is InChI=1S/C15H27N3O/c1-11(9-16-14(19)8-15(4,5)6)10-18-13(3)7-12(2)17-18/h7,11H,8-10H2,1-6H3,(H,16,19). The summed E-state index contributed by atoms with van der Waals surface area (Å²) in [5, 5.41) is 7.45. The Morgan fingerprint density at radius 1 is 1.42 bits per heavy atom. The third-order valence-corrected chi connectivity index (χ3v) is 2.93. The Hall–Kier alpha value is -1.32. The molecule has 0 spiro atoms.